The molecule has 1 nitrogen and oxygen atoms in total. The smallest absolute Gasteiger partial charge is 0.0619 e. The van der Waals surface area contributed by atoms with Crippen LogP contribution >= 0.6 is 0 Å². The van der Waals surface area contributed by atoms with Crippen LogP contribution in [0.5, 0.6) is 0 Å². The molecular formula is C68H55N. The topological polar surface area (TPSA) is 4.93 Å². The van der Waals surface area contributed by atoms with Gasteiger partial charge in [0.2, 0.25) is 0 Å². The van der Waals surface area contributed by atoms with Gasteiger partial charge in [-0.2, -0.15) is 0 Å². The summed E-state index contributed by atoms with van der Waals surface area (Å²) in [5.74, 6) is 0. The maximum absolute atomic E-state index is 2.59. The summed E-state index contributed by atoms with van der Waals surface area (Å²) in [4.78, 5) is 0. The van der Waals surface area contributed by atoms with E-state index in [1.807, 2.05) is 0 Å². The van der Waals surface area contributed by atoms with Gasteiger partial charge in [-0.05, 0) is 140 Å². The lowest BCUT2D eigenvalue weighted by Crippen LogP contribution is -2.18. The third-order valence-electron chi connectivity index (χ3n) is 14.3. The Bertz CT molecular complexity index is 3910. The van der Waals surface area contributed by atoms with Crippen molar-refractivity contribution >= 4 is 54.0 Å². The van der Waals surface area contributed by atoms with Crippen LogP contribution < -0.4 is 0 Å². The van der Waals surface area contributed by atoms with E-state index in [0.29, 0.717) is 0 Å². The maximum atomic E-state index is 2.59. The average molecular weight is 886 g/mol. The van der Waals surface area contributed by atoms with Gasteiger partial charge in [0.1, 0.15) is 0 Å². The highest BCUT2D eigenvalue weighted by Crippen LogP contribution is 2.51. The molecular weight excluding hydrogens is 831 g/mol. The Hall–Kier alpha value is -8.00. The van der Waals surface area contributed by atoms with Crippen molar-refractivity contribution in [2.75, 3.05) is 0 Å². The normalized spacial score (nSPS) is 12.2. The second-order valence-electron chi connectivity index (χ2n) is 20.8. The van der Waals surface area contributed by atoms with Gasteiger partial charge in [0.25, 0.3) is 0 Å². The van der Waals surface area contributed by atoms with E-state index in [0.717, 1.165) is 5.69 Å². The number of hydrogen-bond acceptors (Lipinski definition) is 0. The van der Waals surface area contributed by atoms with Crippen LogP contribution in [0, 0.1) is 0 Å². The fourth-order valence-electron chi connectivity index (χ4n) is 11.6. The van der Waals surface area contributed by atoms with Crippen LogP contribution in [0.4, 0.5) is 0 Å². The first-order chi connectivity index (χ1) is 33.5. The number of nitrogens with zero attached hydrogens (tertiary/aromatic N) is 1. The van der Waals surface area contributed by atoms with Crippen LogP contribution in [-0.4, -0.2) is 4.57 Å². The highest BCUT2D eigenvalue weighted by molar-refractivity contribution is 6.25. The molecule has 0 unspecified atom stereocenters. The molecule has 1 aromatic heterocycles. The van der Waals surface area contributed by atoms with Crippen molar-refractivity contribution in [2.45, 2.75) is 52.4 Å². The van der Waals surface area contributed by atoms with Crippen LogP contribution in [0.25, 0.3) is 115 Å². The molecule has 1 heteroatoms. The molecule has 1 heterocycles. The van der Waals surface area contributed by atoms with Gasteiger partial charge in [-0.25, -0.2) is 0 Å². The average Bonchev–Trinajstić information content (AvgIpc) is 3.70. The molecule has 332 valence electrons. The van der Waals surface area contributed by atoms with E-state index < -0.39 is 0 Å². The van der Waals surface area contributed by atoms with Crippen molar-refractivity contribution in [1.29, 1.82) is 0 Å². The Morgan fingerprint density at radius 1 is 0.261 bits per heavy atom. The molecule has 0 bridgehead atoms. The Morgan fingerprint density at radius 3 is 1.16 bits per heavy atom. The zero-order chi connectivity index (χ0) is 47.0. The molecule has 69 heavy (non-hydrogen) atoms. The first kappa shape index (κ1) is 42.4. The van der Waals surface area contributed by atoms with Crippen LogP contribution in [-0.2, 0) is 10.8 Å². The van der Waals surface area contributed by atoms with Gasteiger partial charge in [0.05, 0.1) is 11.2 Å². The summed E-state index contributed by atoms with van der Waals surface area (Å²) in [5, 5.41) is 11.5. The van der Waals surface area contributed by atoms with Crippen molar-refractivity contribution < 1.29 is 0 Å². The lowest BCUT2D eigenvalue weighted by Gasteiger charge is -2.31. The minimum atomic E-state index is -0.161. The summed E-state index contributed by atoms with van der Waals surface area (Å²) in [5.41, 5.74) is 17.0. The van der Waals surface area contributed by atoms with Crippen LogP contribution in [0.2, 0.25) is 0 Å². The number of aromatic nitrogens is 1. The van der Waals surface area contributed by atoms with Crippen LogP contribution in [0.15, 0.2) is 224 Å². The van der Waals surface area contributed by atoms with Crippen molar-refractivity contribution in [3.05, 3.63) is 236 Å². The van der Waals surface area contributed by atoms with E-state index >= 15 is 0 Å². The minimum Gasteiger partial charge on any atom is -0.309 e. The van der Waals surface area contributed by atoms with Gasteiger partial charge in [-0.1, -0.05) is 236 Å². The summed E-state index contributed by atoms with van der Waals surface area (Å²) in [6, 6.07) is 83.5. The molecule has 0 amide bonds. The zero-order valence-corrected chi connectivity index (χ0v) is 40.3. The van der Waals surface area contributed by atoms with Crippen LogP contribution in [0.1, 0.15) is 52.7 Å². The second kappa shape index (κ2) is 16.4. The second-order valence-corrected chi connectivity index (χ2v) is 20.8. The molecule has 0 N–H and O–H groups in total. The van der Waals surface area contributed by atoms with Crippen molar-refractivity contribution in [1.82, 2.24) is 4.57 Å². The zero-order valence-electron chi connectivity index (χ0n) is 40.3. The highest BCUT2D eigenvalue weighted by Gasteiger charge is 2.30. The Balaban J connectivity index is 1.28. The quantitative estimate of drug-likeness (QED) is 0.147. The Morgan fingerprint density at radius 2 is 0.667 bits per heavy atom. The largest absolute Gasteiger partial charge is 0.309 e. The third-order valence-corrected chi connectivity index (χ3v) is 14.3. The highest BCUT2D eigenvalue weighted by atomic mass is 15.0. The molecule has 0 aliphatic heterocycles. The molecule has 0 saturated heterocycles. The van der Waals surface area contributed by atoms with Crippen molar-refractivity contribution in [3.8, 4) is 61.5 Å². The van der Waals surface area contributed by atoms with Gasteiger partial charge >= 0.3 is 0 Å². The minimum absolute atomic E-state index is 0.133. The van der Waals surface area contributed by atoms with Gasteiger partial charge in [0, 0.05) is 16.6 Å². The van der Waals surface area contributed by atoms with E-state index in [2.05, 4.69) is 271 Å². The molecule has 0 fully saturated rings. The van der Waals surface area contributed by atoms with E-state index in [1.165, 1.54) is 121 Å². The van der Waals surface area contributed by atoms with Crippen molar-refractivity contribution in [2.24, 2.45) is 0 Å². The molecule has 0 aliphatic carbocycles. The van der Waals surface area contributed by atoms with Crippen LogP contribution in [0.3, 0.4) is 0 Å². The van der Waals surface area contributed by atoms with E-state index in [9.17, 15) is 0 Å². The summed E-state index contributed by atoms with van der Waals surface area (Å²) in [6.07, 6.45) is 0. The molecule has 0 saturated carbocycles. The van der Waals surface area contributed by atoms with Gasteiger partial charge in [0.15, 0.2) is 0 Å². The lowest BCUT2D eigenvalue weighted by atomic mass is 9.73. The first-order valence-corrected chi connectivity index (χ1v) is 24.4. The molecule has 12 rings (SSSR count). The number of hydrogen-bond donors (Lipinski definition) is 0. The lowest BCUT2D eigenvalue weighted by molar-refractivity contribution is 0.593. The molecule has 0 spiro atoms. The van der Waals surface area contributed by atoms with Gasteiger partial charge in [-0.3, -0.25) is 0 Å². The third kappa shape index (κ3) is 7.07. The van der Waals surface area contributed by atoms with E-state index in [4.69, 9.17) is 0 Å². The van der Waals surface area contributed by atoms with Gasteiger partial charge in [-0.15, -0.1) is 0 Å². The molecule has 0 atom stereocenters. The summed E-state index contributed by atoms with van der Waals surface area (Å²) >= 11 is 0. The predicted octanol–water partition coefficient (Wildman–Crippen LogP) is 19.2. The van der Waals surface area contributed by atoms with Gasteiger partial charge < -0.3 is 4.57 Å². The first-order valence-electron chi connectivity index (χ1n) is 24.4. The van der Waals surface area contributed by atoms with Crippen molar-refractivity contribution in [3.63, 3.8) is 0 Å². The predicted molar refractivity (Wildman–Crippen MR) is 298 cm³/mol. The molecule has 0 radical (unpaired) electrons. The Kier molecular flexibility index (Phi) is 10.0. The summed E-state index contributed by atoms with van der Waals surface area (Å²) in [7, 11) is 0. The standard InChI is InChI=1S/C68H55N/c1-67(2,3)64-54-39-37-50(41-58(54)65(68(4,5)6)53-38-36-49(40-57(53)64)44-24-12-7-13-25-44)69-60-43-56-55(42-59(60)63(47-30-18-10-19-31-47)66(69)48-32-20-11-21-33-48)61(45-26-14-8-15-27-45)51-34-22-23-35-52(51)62(56)46-28-16-9-17-29-46/h7-43H,1-6H3. The number of benzene rings is 11. The number of rotatable bonds is 6. The molecule has 11 aromatic carbocycles. The maximum Gasteiger partial charge on any atom is 0.0619 e. The van der Waals surface area contributed by atoms with E-state index in [-0.39, 0.29) is 10.8 Å². The summed E-state index contributed by atoms with van der Waals surface area (Å²) < 4.78 is 2.59. The Labute approximate surface area is 406 Å². The summed E-state index contributed by atoms with van der Waals surface area (Å²) in [6.45, 7) is 14.3. The SMILES string of the molecule is CC(C)(C)c1c2ccc(-n3c(-c4ccccc4)c(-c4ccccc4)c4cc5c(-c6ccccc6)c6ccccc6c(-c6ccccc6)c5cc43)cc2c(C(C)(C)C)c2ccc(-c3ccccc3)cc12. The molecule has 12 aromatic rings. The van der Waals surface area contributed by atoms with E-state index in [1.54, 1.807) is 0 Å². The molecule has 0 aliphatic rings. The monoisotopic (exact) mass is 885 g/mol. The fourth-order valence-corrected chi connectivity index (χ4v) is 11.6. The fraction of sp³-hybridized carbons (Fsp3) is 0.118. The number of fused-ring (bicyclic) bond motifs is 5.